The fourth-order valence-electron chi connectivity index (χ4n) is 2.08. The Balaban J connectivity index is 2.37. The first-order chi connectivity index (χ1) is 8.61. The lowest BCUT2D eigenvalue weighted by Crippen LogP contribution is -2.42. The number of morpholine rings is 1. The molecule has 1 aliphatic heterocycles. The molecular formula is C12H16BrN3O2. The van der Waals surface area contributed by atoms with Crippen LogP contribution >= 0.6 is 15.9 Å². The molecule has 2 rings (SSSR count). The van der Waals surface area contributed by atoms with Gasteiger partial charge >= 0.3 is 0 Å². The largest absolute Gasteiger partial charge is 0.409 e. The number of amidine groups is 1. The summed E-state index contributed by atoms with van der Waals surface area (Å²) in [6.45, 7) is 4.33. The highest BCUT2D eigenvalue weighted by Crippen LogP contribution is 2.26. The maximum Gasteiger partial charge on any atom is 0.172 e. The molecule has 1 fully saturated rings. The number of nitrogens with zero attached hydrogens (tertiary/aromatic N) is 2. The summed E-state index contributed by atoms with van der Waals surface area (Å²) in [5, 5.41) is 11.9. The standard InChI is InChI=1S/C12H16BrN3O2/c1-8-7-16(4-5-18-8)11-3-2-9(13)6-10(11)12(14)15-17/h2-3,6,8,17H,4-5,7H2,1H3,(H2,14,15). The molecule has 1 saturated heterocycles. The van der Waals surface area contributed by atoms with Crippen LogP contribution in [0.1, 0.15) is 12.5 Å². The number of ether oxygens (including phenoxy) is 1. The van der Waals surface area contributed by atoms with Gasteiger partial charge in [0, 0.05) is 28.8 Å². The molecule has 0 amide bonds. The summed E-state index contributed by atoms with van der Waals surface area (Å²) < 4.78 is 6.42. The maximum atomic E-state index is 8.86. The minimum atomic E-state index is 0.116. The van der Waals surface area contributed by atoms with Crippen molar-refractivity contribution in [2.75, 3.05) is 24.6 Å². The predicted octanol–water partition coefficient (Wildman–Crippen LogP) is 1.77. The van der Waals surface area contributed by atoms with E-state index in [1.807, 2.05) is 25.1 Å². The molecule has 1 aromatic carbocycles. The van der Waals surface area contributed by atoms with Crippen molar-refractivity contribution in [3.05, 3.63) is 28.2 Å². The van der Waals surface area contributed by atoms with Gasteiger partial charge in [0.15, 0.2) is 5.84 Å². The van der Waals surface area contributed by atoms with Crippen LogP contribution in [0.15, 0.2) is 27.8 Å². The first-order valence-electron chi connectivity index (χ1n) is 5.76. The first kappa shape index (κ1) is 13.2. The lowest BCUT2D eigenvalue weighted by molar-refractivity contribution is 0.0532. The number of rotatable bonds is 2. The van der Waals surface area contributed by atoms with E-state index in [2.05, 4.69) is 26.0 Å². The molecule has 0 spiro atoms. The van der Waals surface area contributed by atoms with E-state index < -0.39 is 0 Å². The van der Waals surface area contributed by atoms with Crippen molar-refractivity contribution in [1.82, 2.24) is 0 Å². The maximum absolute atomic E-state index is 8.86. The number of anilines is 1. The first-order valence-corrected chi connectivity index (χ1v) is 6.55. The molecule has 5 nitrogen and oxygen atoms in total. The van der Waals surface area contributed by atoms with Crippen molar-refractivity contribution in [3.63, 3.8) is 0 Å². The second-order valence-corrected chi connectivity index (χ2v) is 5.19. The summed E-state index contributed by atoms with van der Waals surface area (Å²) in [5.41, 5.74) is 7.41. The van der Waals surface area contributed by atoms with Gasteiger partial charge in [-0.25, -0.2) is 0 Å². The lowest BCUT2D eigenvalue weighted by atomic mass is 10.1. The zero-order valence-electron chi connectivity index (χ0n) is 10.1. The Morgan fingerprint density at radius 3 is 3.06 bits per heavy atom. The van der Waals surface area contributed by atoms with Crippen LogP contribution in [0.5, 0.6) is 0 Å². The molecule has 3 N–H and O–H groups in total. The van der Waals surface area contributed by atoms with Crippen LogP contribution in [0, 0.1) is 0 Å². The van der Waals surface area contributed by atoms with Crippen molar-refractivity contribution in [3.8, 4) is 0 Å². The van der Waals surface area contributed by atoms with Crippen molar-refractivity contribution in [1.29, 1.82) is 0 Å². The Morgan fingerprint density at radius 1 is 1.61 bits per heavy atom. The van der Waals surface area contributed by atoms with Gasteiger partial charge in [0.2, 0.25) is 0 Å². The molecule has 1 aromatic rings. The van der Waals surface area contributed by atoms with E-state index in [9.17, 15) is 0 Å². The molecule has 1 unspecified atom stereocenters. The van der Waals surface area contributed by atoms with E-state index in [-0.39, 0.29) is 11.9 Å². The summed E-state index contributed by atoms with van der Waals surface area (Å²) >= 11 is 3.39. The van der Waals surface area contributed by atoms with Gasteiger partial charge in [0.25, 0.3) is 0 Å². The minimum absolute atomic E-state index is 0.116. The fraction of sp³-hybridized carbons (Fsp3) is 0.417. The third kappa shape index (κ3) is 2.76. The van der Waals surface area contributed by atoms with Crippen molar-refractivity contribution >= 4 is 27.5 Å². The number of hydrogen-bond donors (Lipinski definition) is 2. The Labute approximate surface area is 114 Å². The zero-order valence-corrected chi connectivity index (χ0v) is 11.7. The van der Waals surface area contributed by atoms with Crippen LogP contribution in [0.4, 0.5) is 5.69 Å². The van der Waals surface area contributed by atoms with E-state index in [0.29, 0.717) is 6.61 Å². The summed E-state index contributed by atoms with van der Waals surface area (Å²) in [5.74, 6) is 0.116. The molecule has 0 aromatic heterocycles. The molecule has 1 heterocycles. The van der Waals surface area contributed by atoms with Crippen LogP contribution < -0.4 is 10.6 Å². The number of oxime groups is 1. The van der Waals surface area contributed by atoms with Crippen molar-refractivity contribution in [2.24, 2.45) is 10.9 Å². The topological polar surface area (TPSA) is 71.1 Å². The van der Waals surface area contributed by atoms with Gasteiger partial charge in [-0.3, -0.25) is 0 Å². The molecule has 1 aliphatic rings. The predicted molar refractivity (Wildman–Crippen MR) is 74.3 cm³/mol. The van der Waals surface area contributed by atoms with E-state index in [1.54, 1.807) is 0 Å². The molecule has 18 heavy (non-hydrogen) atoms. The summed E-state index contributed by atoms with van der Waals surface area (Å²) in [6.07, 6.45) is 0.183. The number of hydrogen-bond acceptors (Lipinski definition) is 4. The Morgan fingerprint density at radius 2 is 2.39 bits per heavy atom. The number of nitrogens with two attached hydrogens (primary N) is 1. The van der Waals surface area contributed by atoms with Crippen molar-refractivity contribution < 1.29 is 9.94 Å². The average Bonchev–Trinajstić information content (AvgIpc) is 2.37. The molecule has 98 valence electrons. The molecule has 6 heteroatoms. The van der Waals surface area contributed by atoms with E-state index in [4.69, 9.17) is 15.7 Å². The zero-order chi connectivity index (χ0) is 13.1. The molecule has 0 bridgehead atoms. The minimum Gasteiger partial charge on any atom is -0.409 e. The van der Waals surface area contributed by atoms with Crippen LogP contribution in [-0.2, 0) is 4.74 Å². The molecule has 0 aliphatic carbocycles. The van der Waals surface area contributed by atoms with Crippen LogP contribution in [-0.4, -0.2) is 36.8 Å². The van der Waals surface area contributed by atoms with Gasteiger partial charge < -0.3 is 20.6 Å². The molecule has 1 atom stereocenters. The summed E-state index contributed by atoms with van der Waals surface area (Å²) in [7, 11) is 0. The molecule has 0 saturated carbocycles. The smallest absolute Gasteiger partial charge is 0.172 e. The molecular weight excluding hydrogens is 298 g/mol. The Kier molecular flexibility index (Phi) is 4.08. The summed E-state index contributed by atoms with van der Waals surface area (Å²) in [6, 6.07) is 5.77. The van der Waals surface area contributed by atoms with E-state index in [0.717, 1.165) is 28.8 Å². The fourth-order valence-corrected chi connectivity index (χ4v) is 2.44. The SMILES string of the molecule is CC1CN(c2ccc(Br)cc2/C(N)=N/O)CCO1. The molecule has 0 radical (unpaired) electrons. The second kappa shape index (κ2) is 5.58. The quantitative estimate of drug-likeness (QED) is 0.378. The Hall–Kier alpha value is -1.27. The van der Waals surface area contributed by atoms with Gasteiger partial charge in [0.1, 0.15) is 0 Å². The van der Waals surface area contributed by atoms with Crippen LogP contribution in [0.2, 0.25) is 0 Å². The highest BCUT2D eigenvalue weighted by Gasteiger charge is 2.20. The normalized spacial score (nSPS) is 21.1. The van der Waals surface area contributed by atoms with Gasteiger partial charge in [-0.1, -0.05) is 21.1 Å². The highest BCUT2D eigenvalue weighted by molar-refractivity contribution is 9.10. The van der Waals surface area contributed by atoms with E-state index >= 15 is 0 Å². The van der Waals surface area contributed by atoms with Crippen LogP contribution in [0.3, 0.4) is 0 Å². The van der Waals surface area contributed by atoms with Crippen molar-refractivity contribution in [2.45, 2.75) is 13.0 Å². The number of benzene rings is 1. The Bertz CT molecular complexity index is 465. The van der Waals surface area contributed by atoms with Gasteiger partial charge in [-0.2, -0.15) is 0 Å². The third-order valence-electron chi connectivity index (χ3n) is 2.92. The number of halogens is 1. The average molecular weight is 314 g/mol. The third-order valence-corrected chi connectivity index (χ3v) is 3.42. The highest BCUT2D eigenvalue weighted by atomic mass is 79.9. The van der Waals surface area contributed by atoms with Crippen LogP contribution in [0.25, 0.3) is 0 Å². The monoisotopic (exact) mass is 313 g/mol. The van der Waals surface area contributed by atoms with Gasteiger partial charge in [-0.15, -0.1) is 0 Å². The van der Waals surface area contributed by atoms with E-state index in [1.165, 1.54) is 0 Å². The summed E-state index contributed by atoms with van der Waals surface area (Å²) in [4.78, 5) is 2.19. The second-order valence-electron chi connectivity index (χ2n) is 4.27. The van der Waals surface area contributed by atoms with Gasteiger partial charge in [0.05, 0.1) is 12.7 Å². The van der Waals surface area contributed by atoms with Gasteiger partial charge in [-0.05, 0) is 25.1 Å². The lowest BCUT2D eigenvalue weighted by Gasteiger charge is -2.34.